The minimum atomic E-state index is 0.665. The van der Waals surface area contributed by atoms with Crippen molar-refractivity contribution in [2.24, 2.45) is 5.92 Å². The number of hydrogen-bond acceptors (Lipinski definition) is 3. The van der Waals surface area contributed by atoms with Crippen LogP contribution in [-0.4, -0.2) is 17.7 Å². The average Bonchev–Trinajstić information content (AvgIpc) is 2.66. The van der Waals surface area contributed by atoms with Crippen molar-refractivity contribution in [2.45, 2.75) is 33.2 Å². The predicted molar refractivity (Wildman–Crippen MR) is 69.8 cm³/mol. The molecule has 2 heterocycles. The van der Waals surface area contributed by atoms with E-state index >= 15 is 0 Å². The third kappa shape index (κ3) is 2.10. The van der Waals surface area contributed by atoms with Gasteiger partial charge in [0.05, 0.1) is 5.69 Å². The molecule has 4 heteroatoms. The van der Waals surface area contributed by atoms with Gasteiger partial charge in [0.1, 0.15) is 17.6 Å². The highest BCUT2D eigenvalue weighted by Crippen LogP contribution is 2.31. The van der Waals surface area contributed by atoms with E-state index in [0.717, 1.165) is 37.1 Å². The zero-order chi connectivity index (χ0) is 12.4. The molecule has 0 unspecified atom stereocenters. The van der Waals surface area contributed by atoms with Crippen molar-refractivity contribution in [3.63, 3.8) is 0 Å². The van der Waals surface area contributed by atoms with Crippen LogP contribution in [0.4, 0.5) is 11.5 Å². The summed E-state index contributed by atoms with van der Waals surface area (Å²) in [5, 5.41) is 9.08. The Hall–Kier alpha value is -1.63. The fourth-order valence-electron chi connectivity index (χ4n) is 2.55. The molecule has 2 N–H and O–H groups in total. The first-order chi connectivity index (χ1) is 8.17. The summed E-state index contributed by atoms with van der Waals surface area (Å²) in [4.78, 5) is 2.32. The smallest absolute Gasteiger partial charge is 0.133 e. The van der Waals surface area contributed by atoms with Crippen LogP contribution >= 0.6 is 0 Å². The van der Waals surface area contributed by atoms with E-state index in [9.17, 15) is 0 Å². The topological polar surface area (TPSA) is 58.0 Å². The summed E-state index contributed by atoms with van der Waals surface area (Å²) in [6.07, 6.45) is 2.41. The Morgan fingerprint density at radius 3 is 2.65 bits per heavy atom. The minimum absolute atomic E-state index is 0.665. The molecule has 1 aromatic heterocycles. The van der Waals surface area contributed by atoms with Gasteiger partial charge in [0.2, 0.25) is 0 Å². The molecule has 1 saturated heterocycles. The van der Waals surface area contributed by atoms with Crippen molar-refractivity contribution < 1.29 is 0 Å². The van der Waals surface area contributed by atoms with Crippen LogP contribution in [0.25, 0.3) is 0 Å². The van der Waals surface area contributed by atoms with E-state index in [-0.39, 0.29) is 0 Å². The van der Waals surface area contributed by atoms with Crippen LogP contribution in [-0.2, 0) is 6.54 Å². The average molecular weight is 232 g/mol. The lowest BCUT2D eigenvalue weighted by atomic mass is 9.99. The molecule has 0 spiro atoms. The molecule has 1 aliphatic heterocycles. The highest BCUT2D eigenvalue weighted by atomic mass is 15.3. The summed E-state index contributed by atoms with van der Waals surface area (Å²) in [7, 11) is 0. The van der Waals surface area contributed by atoms with Gasteiger partial charge in [-0.25, -0.2) is 0 Å². The standard InChI is InChI=1S/C13H20N4/c1-3-17-11(9-14)8-12(15)13(17)16-6-4-10(2)5-7-16/h8,10H,3-7,15H2,1-2H3. The van der Waals surface area contributed by atoms with Crippen molar-refractivity contribution in [3.8, 4) is 6.07 Å². The minimum Gasteiger partial charge on any atom is -0.396 e. The lowest BCUT2D eigenvalue weighted by Gasteiger charge is -2.33. The number of rotatable bonds is 2. The van der Waals surface area contributed by atoms with Gasteiger partial charge < -0.3 is 15.2 Å². The van der Waals surface area contributed by atoms with Gasteiger partial charge >= 0.3 is 0 Å². The summed E-state index contributed by atoms with van der Waals surface area (Å²) >= 11 is 0. The summed E-state index contributed by atoms with van der Waals surface area (Å²) < 4.78 is 2.02. The molecule has 0 aromatic carbocycles. The number of anilines is 2. The third-order valence-electron chi connectivity index (χ3n) is 3.61. The quantitative estimate of drug-likeness (QED) is 0.850. The van der Waals surface area contributed by atoms with Gasteiger partial charge in [-0.3, -0.25) is 0 Å². The molecular formula is C13H20N4. The second-order valence-corrected chi connectivity index (χ2v) is 4.83. The van der Waals surface area contributed by atoms with Crippen molar-refractivity contribution in [2.75, 3.05) is 23.7 Å². The second kappa shape index (κ2) is 4.70. The highest BCUT2D eigenvalue weighted by Gasteiger charge is 2.22. The van der Waals surface area contributed by atoms with E-state index in [1.54, 1.807) is 6.07 Å². The van der Waals surface area contributed by atoms with Crippen LogP contribution in [0.5, 0.6) is 0 Å². The van der Waals surface area contributed by atoms with Gasteiger partial charge in [0, 0.05) is 19.6 Å². The maximum atomic E-state index is 9.08. The van der Waals surface area contributed by atoms with Crippen LogP contribution in [0.2, 0.25) is 0 Å². The molecule has 0 atom stereocenters. The molecule has 0 saturated carbocycles. The maximum Gasteiger partial charge on any atom is 0.133 e. The maximum absolute atomic E-state index is 9.08. The lowest BCUT2D eigenvalue weighted by molar-refractivity contribution is 0.433. The van der Waals surface area contributed by atoms with E-state index < -0.39 is 0 Å². The Labute approximate surface area is 103 Å². The first kappa shape index (κ1) is 11.8. The van der Waals surface area contributed by atoms with Gasteiger partial charge in [-0.1, -0.05) is 6.92 Å². The van der Waals surface area contributed by atoms with Gasteiger partial charge in [-0.15, -0.1) is 0 Å². The molecule has 0 amide bonds. The van der Waals surface area contributed by atoms with Crippen LogP contribution in [0.15, 0.2) is 6.07 Å². The molecule has 17 heavy (non-hydrogen) atoms. The molecule has 0 bridgehead atoms. The molecule has 1 fully saturated rings. The first-order valence-electron chi connectivity index (χ1n) is 6.31. The Kier molecular flexibility index (Phi) is 3.28. The van der Waals surface area contributed by atoms with E-state index in [1.807, 2.05) is 4.57 Å². The summed E-state index contributed by atoms with van der Waals surface area (Å²) in [5.74, 6) is 1.84. The lowest BCUT2D eigenvalue weighted by Crippen LogP contribution is -2.34. The third-order valence-corrected chi connectivity index (χ3v) is 3.61. The summed E-state index contributed by atoms with van der Waals surface area (Å²) in [6.45, 7) is 7.22. The molecule has 1 aromatic rings. The normalized spacial score (nSPS) is 17.1. The molecule has 4 nitrogen and oxygen atoms in total. The fourth-order valence-corrected chi connectivity index (χ4v) is 2.55. The fraction of sp³-hybridized carbons (Fsp3) is 0.615. The molecule has 1 aliphatic rings. The molecule has 0 aliphatic carbocycles. The van der Waals surface area contributed by atoms with Crippen molar-refractivity contribution in [1.29, 1.82) is 5.26 Å². The Morgan fingerprint density at radius 1 is 1.47 bits per heavy atom. The number of aromatic nitrogens is 1. The largest absolute Gasteiger partial charge is 0.396 e. The van der Waals surface area contributed by atoms with Crippen molar-refractivity contribution in [3.05, 3.63) is 11.8 Å². The number of nitrogen functional groups attached to an aromatic ring is 1. The Bertz CT molecular complexity index is 433. The van der Waals surface area contributed by atoms with Crippen molar-refractivity contribution in [1.82, 2.24) is 4.57 Å². The van der Waals surface area contributed by atoms with Gasteiger partial charge in [-0.05, 0) is 31.7 Å². The van der Waals surface area contributed by atoms with Crippen LogP contribution in [0.3, 0.4) is 0 Å². The van der Waals surface area contributed by atoms with Gasteiger partial charge in [0.15, 0.2) is 0 Å². The SMILES string of the molecule is CCn1c(C#N)cc(N)c1N1CCC(C)CC1. The van der Waals surface area contributed by atoms with Crippen molar-refractivity contribution >= 4 is 11.5 Å². The molecule has 0 radical (unpaired) electrons. The Balaban J connectivity index is 2.32. The number of hydrogen-bond donors (Lipinski definition) is 1. The van der Waals surface area contributed by atoms with Crippen LogP contribution in [0, 0.1) is 17.2 Å². The van der Waals surface area contributed by atoms with Crippen LogP contribution in [0.1, 0.15) is 32.4 Å². The van der Waals surface area contributed by atoms with E-state index in [1.165, 1.54) is 12.8 Å². The highest BCUT2D eigenvalue weighted by molar-refractivity contribution is 5.68. The van der Waals surface area contributed by atoms with E-state index in [2.05, 4.69) is 24.8 Å². The number of nitrogens with two attached hydrogens (primary N) is 1. The number of nitrogens with zero attached hydrogens (tertiary/aromatic N) is 3. The van der Waals surface area contributed by atoms with Gasteiger partial charge in [0.25, 0.3) is 0 Å². The zero-order valence-corrected chi connectivity index (χ0v) is 10.6. The second-order valence-electron chi connectivity index (χ2n) is 4.83. The first-order valence-corrected chi connectivity index (χ1v) is 6.31. The summed E-state index contributed by atoms with van der Waals surface area (Å²) in [6, 6.07) is 4.00. The number of nitriles is 1. The molecule has 92 valence electrons. The molecule has 2 rings (SSSR count). The van der Waals surface area contributed by atoms with Crippen LogP contribution < -0.4 is 10.6 Å². The van der Waals surface area contributed by atoms with E-state index in [0.29, 0.717) is 5.69 Å². The Morgan fingerprint density at radius 2 is 2.12 bits per heavy atom. The van der Waals surface area contributed by atoms with Gasteiger partial charge in [-0.2, -0.15) is 5.26 Å². The molecular weight excluding hydrogens is 212 g/mol. The monoisotopic (exact) mass is 232 g/mol. The zero-order valence-electron chi connectivity index (χ0n) is 10.6. The number of piperidine rings is 1. The predicted octanol–water partition coefficient (Wildman–Crippen LogP) is 2.20. The summed E-state index contributed by atoms with van der Waals surface area (Å²) in [5.41, 5.74) is 7.44. The van der Waals surface area contributed by atoms with E-state index in [4.69, 9.17) is 11.0 Å².